The van der Waals surface area contributed by atoms with Crippen molar-refractivity contribution in [3.05, 3.63) is 29.3 Å². The number of rotatable bonds is 3. The molecule has 0 spiro atoms. The predicted octanol–water partition coefficient (Wildman–Crippen LogP) is 0.925. The lowest BCUT2D eigenvalue weighted by molar-refractivity contribution is -0.142. The van der Waals surface area contributed by atoms with Gasteiger partial charge in [-0.3, -0.25) is 9.69 Å². The number of hydrogen-bond donors (Lipinski definition) is 0. The quantitative estimate of drug-likeness (QED) is 0.767. The highest BCUT2D eigenvalue weighted by molar-refractivity contribution is 7.89. The summed E-state index contributed by atoms with van der Waals surface area (Å²) >= 11 is 0. The molecule has 2 heterocycles. The first-order chi connectivity index (χ1) is 10.9. The van der Waals surface area contributed by atoms with Gasteiger partial charge in [-0.1, -0.05) is 12.1 Å². The molecular formula is C16H22N2O4S. The Labute approximate surface area is 137 Å². The van der Waals surface area contributed by atoms with Gasteiger partial charge in [0, 0.05) is 32.6 Å². The number of sulfonamides is 1. The smallest absolute Gasteiger partial charge is 0.323 e. The lowest BCUT2D eigenvalue weighted by Crippen LogP contribution is -2.53. The number of piperazine rings is 1. The van der Waals surface area contributed by atoms with Crippen molar-refractivity contribution >= 4 is 16.0 Å². The van der Waals surface area contributed by atoms with E-state index in [-0.39, 0.29) is 12.0 Å². The van der Waals surface area contributed by atoms with Crippen molar-refractivity contribution in [2.24, 2.45) is 0 Å². The fraction of sp³-hybridized carbons (Fsp3) is 0.562. The summed E-state index contributed by atoms with van der Waals surface area (Å²) in [5, 5.41) is 0. The fourth-order valence-corrected chi connectivity index (χ4v) is 4.93. The lowest BCUT2D eigenvalue weighted by Gasteiger charge is -2.36. The minimum absolute atomic E-state index is 0.184. The van der Waals surface area contributed by atoms with Gasteiger partial charge in [-0.05, 0) is 31.0 Å². The van der Waals surface area contributed by atoms with Crippen LogP contribution >= 0.6 is 0 Å². The van der Waals surface area contributed by atoms with Crippen molar-refractivity contribution in [2.45, 2.75) is 31.2 Å². The molecule has 0 bridgehead atoms. The largest absolute Gasteiger partial charge is 0.464 e. The van der Waals surface area contributed by atoms with Gasteiger partial charge in [-0.2, -0.15) is 4.31 Å². The Kier molecular flexibility index (Phi) is 4.44. The van der Waals surface area contributed by atoms with E-state index in [1.54, 1.807) is 6.07 Å². The van der Waals surface area contributed by atoms with Crippen LogP contribution in [-0.4, -0.2) is 62.4 Å². The van der Waals surface area contributed by atoms with Gasteiger partial charge in [0.1, 0.15) is 6.04 Å². The van der Waals surface area contributed by atoms with E-state index in [1.165, 1.54) is 4.31 Å². The SMILES string of the molecule is Cc1ccc(C)c(S(=O)(=O)N2CCN(C3CCOC3=O)CC2)c1. The Bertz CT molecular complexity index is 709. The molecule has 0 saturated carbocycles. The van der Waals surface area contributed by atoms with Gasteiger partial charge in [0.2, 0.25) is 10.0 Å². The van der Waals surface area contributed by atoms with E-state index in [9.17, 15) is 13.2 Å². The first-order valence-corrected chi connectivity index (χ1v) is 9.32. The third kappa shape index (κ3) is 3.13. The average molecular weight is 338 g/mol. The van der Waals surface area contributed by atoms with E-state index in [0.29, 0.717) is 44.1 Å². The number of nitrogens with zero attached hydrogens (tertiary/aromatic N) is 2. The Morgan fingerprint density at radius 3 is 2.43 bits per heavy atom. The predicted molar refractivity (Wildman–Crippen MR) is 85.6 cm³/mol. The monoisotopic (exact) mass is 338 g/mol. The van der Waals surface area contributed by atoms with Crippen molar-refractivity contribution in [2.75, 3.05) is 32.8 Å². The Morgan fingerprint density at radius 1 is 1.13 bits per heavy atom. The molecule has 7 heteroatoms. The summed E-state index contributed by atoms with van der Waals surface area (Å²) in [5.74, 6) is -0.184. The summed E-state index contributed by atoms with van der Waals surface area (Å²) < 4.78 is 32.3. The van der Waals surface area contributed by atoms with Crippen LogP contribution in [0.15, 0.2) is 23.1 Å². The van der Waals surface area contributed by atoms with Gasteiger partial charge in [0.05, 0.1) is 11.5 Å². The standard InChI is InChI=1S/C16H22N2O4S/c1-12-3-4-13(2)15(11-12)23(20,21)18-8-6-17(7-9-18)14-5-10-22-16(14)19/h3-4,11,14H,5-10H2,1-2H3. The molecule has 1 aromatic rings. The molecule has 23 heavy (non-hydrogen) atoms. The number of aryl methyl sites for hydroxylation is 2. The number of ether oxygens (including phenoxy) is 1. The third-order valence-corrected chi connectivity index (χ3v) is 6.62. The second-order valence-electron chi connectivity index (χ2n) is 6.18. The van der Waals surface area contributed by atoms with Crippen LogP contribution in [0, 0.1) is 13.8 Å². The van der Waals surface area contributed by atoms with E-state index >= 15 is 0 Å². The zero-order chi connectivity index (χ0) is 16.6. The van der Waals surface area contributed by atoms with E-state index in [2.05, 4.69) is 0 Å². The van der Waals surface area contributed by atoms with Crippen LogP contribution in [-0.2, 0) is 19.6 Å². The van der Waals surface area contributed by atoms with Crippen molar-refractivity contribution in [1.29, 1.82) is 0 Å². The first-order valence-electron chi connectivity index (χ1n) is 7.88. The molecule has 2 aliphatic rings. The highest BCUT2D eigenvalue weighted by Crippen LogP contribution is 2.24. The molecule has 1 aromatic carbocycles. The van der Waals surface area contributed by atoms with E-state index < -0.39 is 10.0 Å². The molecular weight excluding hydrogens is 316 g/mol. The van der Waals surface area contributed by atoms with Gasteiger partial charge in [-0.15, -0.1) is 0 Å². The van der Waals surface area contributed by atoms with Gasteiger partial charge in [-0.25, -0.2) is 8.42 Å². The van der Waals surface area contributed by atoms with Gasteiger partial charge in [0.25, 0.3) is 0 Å². The van der Waals surface area contributed by atoms with Crippen LogP contribution in [0.25, 0.3) is 0 Å². The molecule has 0 radical (unpaired) electrons. The average Bonchev–Trinajstić information content (AvgIpc) is 2.96. The molecule has 126 valence electrons. The van der Waals surface area contributed by atoms with Gasteiger partial charge < -0.3 is 4.74 Å². The zero-order valence-corrected chi connectivity index (χ0v) is 14.3. The molecule has 2 saturated heterocycles. The fourth-order valence-electron chi connectivity index (χ4n) is 3.20. The summed E-state index contributed by atoms with van der Waals surface area (Å²) in [5.41, 5.74) is 1.69. The number of hydrogen-bond acceptors (Lipinski definition) is 5. The molecule has 0 aliphatic carbocycles. The van der Waals surface area contributed by atoms with E-state index in [4.69, 9.17) is 4.74 Å². The maximum atomic E-state index is 12.9. The van der Waals surface area contributed by atoms with Crippen LogP contribution in [0.1, 0.15) is 17.5 Å². The van der Waals surface area contributed by atoms with Crippen molar-refractivity contribution in [3.8, 4) is 0 Å². The number of esters is 1. The third-order valence-electron chi connectivity index (χ3n) is 4.58. The maximum absolute atomic E-state index is 12.9. The maximum Gasteiger partial charge on any atom is 0.323 e. The highest BCUT2D eigenvalue weighted by Gasteiger charge is 2.36. The second-order valence-corrected chi connectivity index (χ2v) is 8.09. The second kappa shape index (κ2) is 6.22. The summed E-state index contributed by atoms with van der Waals surface area (Å²) in [6.07, 6.45) is 0.697. The summed E-state index contributed by atoms with van der Waals surface area (Å²) in [6.45, 7) is 6.09. The van der Waals surface area contributed by atoms with Crippen LogP contribution in [0.2, 0.25) is 0 Å². The molecule has 2 aliphatic heterocycles. The van der Waals surface area contributed by atoms with Crippen LogP contribution in [0.3, 0.4) is 0 Å². The minimum Gasteiger partial charge on any atom is -0.464 e. The molecule has 0 amide bonds. The highest BCUT2D eigenvalue weighted by atomic mass is 32.2. The van der Waals surface area contributed by atoms with Crippen molar-refractivity contribution < 1.29 is 17.9 Å². The van der Waals surface area contributed by atoms with Crippen molar-refractivity contribution in [1.82, 2.24) is 9.21 Å². The topological polar surface area (TPSA) is 66.9 Å². The zero-order valence-electron chi connectivity index (χ0n) is 13.5. The number of cyclic esters (lactones) is 1. The molecule has 0 aromatic heterocycles. The molecule has 3 rings (SSSR count). The first kappa shape index (κ1) is 16.4. The van der Waals surface area contributed by atoms with Crippen LogP contribution in [0.5, 0.6) is 0 Å². The number of carbonyl (C=O) groups is 1. The Morgan fingerprint density at radius 2 is 1.83 bits per heavy atom. The molecule has 2 fully saturated rings. The summed E-state index contributed by atoms with van der Waals surface area (Å²) in [4.78, 5) is 14.1. The molecule has 6 nitrogen and oxygen atoms in total. The van der Waals surface area contributed by atoms with E-state index in [0.717, 1.165) is 11.1 Å². The van der Waals surface area contributed by atoms with E-state index in [1.807, 2.05) is 30.9 Å². The van der Waals surface area contributed by atoms with Crippen LogP contribution < -0.4 is 0 Å². The normalized spacial score (nSPS) is 23.9. The Hall–Kier alpha value is -1.44. The number of carbonyl (C=O) groups excluding carboxylic acids is 1. The van der Waals surface area contributed by atoms with Crippen LogP contribution in [0.4, 0.5) is 0 Å². The van der Waals surface area contributed by atoms with Gasteiger partial charge >= 0.3 is 5.97 Å². The number of benzene rings is 1. The summed E-state index contributed by atoms with van der Waals surface area (Å²) in [7, 11) is -3.49. The lowest BCUT2D eigenvalue weighted by atomic mass is 10.2. The summed E-state index contributed by atoms with van der Waals surface area (Å²) in [6, 6.07) is 5.27. The Balaban J connectivity index is 1.73. The van der Waals surface area contributed by atoms with Gasteiger partial charge in [0.15, 0.2) is 0 Å². The molecule has 1 atom stereocenters. The molecule has 0 N–H and O–H groups in total. The minimum atomic E-state index is -3.49. The molecule has 1 unspecified atom stereocenters. The van der Waals surface area contributed by atoms with Crippen molar-refractivity contribution in [3.63, 3.8) is 0 Å².